The Morgan fingerprint density at radius 2 is 2.20 bits per heavy atom. The number of hydrogen-bond acceptors (Lipinski definition) is 8. The zero-order valence-electron chi connectivity index (χ0n) is 13.7. The van der Waals surface area contributed by atoms with Gasteiger partial charge < -0.3 is 24.7 Å². The summed E-state index contributed by atoms with van der Waals surface area (Å²) < 4.78 is 13.0. The van der Waals surface area contributed by atoms with Gasteiger partial charge >= 0.3 is 0 Å². The Labute approximate surface area is 143 Å². The largest absolute Gasteiger partial charge is 0.465 e. The van der Waals surface area contributed by atoms with Crippen molar-refractivity contribution in [1.82, 2.24) is 19.5 Å². The molecule has 3 aromatic rings. The molecule has 1 aliphatic rings. The van der Waals surface area contributed by atoms with Crippen molar-refractivity contribution < 1.29 is 19.4 Å². The van der Waals surface area contributed by atoms with Crippen LogP contribution in [0.1, 0.15) is 24.2 Å². The minimum absolute atomic E-state index is 0.228. The highest BCUT2D eigenvalue weighted by Gasteiger charge is 2.35. The summed E-state index contributed by atoms with van der Waals surface area (Å²) >= 11 is 0. The van der Waals surface area contributed by atoms with E-state index in [0.717, 1.165) is 11.5 Å². The number of fused-ring (bicyclic) bond motifs is 1. The molecule has 3 aromatic heterocycles. The van der Waals surface area contributed by atoms with Crippen LogP contribution in [0.4, 0.5) is 5.82 Å². The number of anilines is 1. The van der Waals surface area contributed by atoms with Crippen LogP contribution < -0.4 is 5.32 Å². The molecule has 9 nitrogen and oxygen atoms in total. The molecule has 1 saturated heterocycles. The van der Waals surface area contributed by atoms with Gasteiger partial charge in [0.1, 0.15) is 30.2 Å². The van der Waals surface area contributed by atoms with E-state index in [1.54, 1.807) is 10.9 Å². The second kappa shape index (κ2) is 6.43. The Kier molecular flexibility index (Phi) is 4.12. The molecule has 3 atom stereocenters. The fourth-order valence-corrected chi connectivity index (χ4v) is 2.99. The van der Waals surface area contributed by atoms with E-state index in [2.05, 4.69) is 20.3 Å². The summed E-state index contributed by atoms with van der Waals surface area (Å²) in [6.45, 7) is 2.15. The lowest BCUT2D eigenvalue weighted by molar-refractivity contribution is -0.0432. The average molecular weight is 345 g/mol. The minimum Gasteiger partial charge on any atom is -0.465 e. The topological polar surface area (TPSA) is 118 Å². The van der Waals surface area contributed by atoms with E-state index in [0.29, 0.717) is 29.9 Å². The zero-order valence-corrected chi connectivity index (χ0v) is 13.7. The number of rotatable bonds is 5. The molecule has 0 saturated carbocycles. The number of aromatic nitrogens is 4. The van der Waals surface area contributed by atoms with E-state index >= 15 is 0 Å². The summed E-state index contributed by atoms with van der Waals surface area (Å²) in [5.74, 6) is 2.25. The Morgan fingerprint density at radius 3 is 2.92 bits per heavy atom. The van der Waals surface area contributed by atoms with Gasteiger partial charge in [0.2, 0.25) is 0 Å². The molecule has 4 heterocycles. The lowest BCUT2D eigenvalue weighted by Crippen LogP contribution is -2.24. The smallest absolute Gasteiger partial charge is 0.167 e. The van der Waals surface area contributed by atoms with Gasteiger partial charge in [-0.25, -0.2) is 15.0 Å². The maximum atomic E-state index is 9.92. The first-order valence-electron chi connectivity index (χ1n) is 8.07. The molecule has 1 unspecified atom stereocenters. The molecule has 0 spiro atoms. The highest BCUT2D eigenvalue weighted by molar-refractivity contribution is 5.82. The third-order valence-corrected chi connectivity index (χ3v) is 4.28. The number of nitrogens with zero attached hydrogens (tertiary/aromatic N) is 4. The Morgan fingerprint density at radius 1 is 1.32 bits per heavy atom. The molecular weight excluding hydrogens is 326 g/mol. The highest BCUT2D eigenvalue weighted by atomic mass is 16.5. The lowest BCUT2D eigenvalue weighted by Gasteiger charge is -2.13. The number of imidazole rings is 1. The molecule has 3 N–H and O–H groups in total. The fourth-order valence-electron chi connectivity index (χ4n) is 2.99. The molecule has 25 heavy (non-hydrogen) atoms. The van der Waals surface area contributed by atoms with E-state index in [4.69, 9.17) is 9.15 Å². The van der Waals surface area contributed by atoms with Crippen molar-refractivity contribution in [2.45, 2.75) is 38.3 Å². The van der Waals surface area contributed by atoms with Crippen LogP contribution in [0.3, 0.4) is 0 Å². The van der Waals surface area contributed by atoms with E-state index in [-0.39, 0.29) is 6.61 Å². The quantitative estimate of drug-likeness (QED) is 0.626. The number of nitrogens with one attached hydrogen (secondary N) is 1. The number of ether oxygens (including phenoxy) is 1. The molecule has 1 fully saturated rings. The van der Waals surface area contributed by atoms with Crippen molar-refractivity contribution in [3.8, 4) is 0 Å². The molecular formula is C16H19N5O4. The fraction of sp³-hybridized carbons (Fsp3) is 0.438. The van der Waals surface area contributed by atoms with E-state index < -0.39 is 18.4 Å². The predicted molar refractivity (Wildman–Crippen MR) is 87.7 cm³/mol. The van der Waals surface area contributed by atoms with Crippen molar-refractivity contribution >= 4 is 17.0 Å². The molecule has 0 aliphatic carbocycles. The normalized spacial score (nSPS) is 23.4. The van der Waals surface area contributed by atoms with Crippen LogP contribution in [0.5, 0.6) is 0 Å². The monoisotopic (exact) mass is 345 g/mol. The Bertz CT molecular complexity index is 876. The molecule has 0 amide bonds. The van der Waals surface area contributed by atoms with Crippen molar-refractivity contribution in [2.75, 3.05) is 11.9 Å². The molecule has 0 bridgehead atoms. The van der Waals surface area contributed by atoms with Crippen LogP contribution in [-0.4, -0.2) is 48.5 Å². The van der Waals surface area contributed by atoms with Crippen molar-refractivity contribution in [3.05, 3.63) is 36.3 Å². The highest BCUT2D eigenvalue weighted by Crippen LogP contribution is 2.31. The standard InChI is InChI=1S/C16H19N5O4/c1-9-2-3-10(24-9)5-17-15-14-16(19-7-18-15)21(8-20-14)13-4-11(23)12(6-22)25-13/h2-3,7-8,11-13,22-23H,4-6H2,1H3,(H,17,18,19)/t11-,12+,13?/m0/s1. The van der Waals surface area contributed by atoms with Gasteiger partial charge in [0.15, 0.2) is 17.0 Å². The van der Waals surface area contributed by atoms with Crippen molar-refractivity contribution in [1.29, 1.82) is 0 Å². The van der Waals surface area contributed by atoms with Crippen LogP contribution in [0.15, 0.2) is 29.2 Å². The van der Waals surface area contributed by atoms with Gasteiger partial charge in [-0.2, -0.15) is 0 Å². The van der Waals surface area contributed by atoms with Gasteiger partial charge in [-0.3, -0.25) is 4.57 Å². The summed E-state index contributed by atoms with van der Waals surface area (Å²) in [6.07, 6.45) is 1.70. The first kappa shape index (κ1) is 16.0. The van der Waals surface area contributed by atoms with Crippen LogP contribution in [-0.2, 0) is 11.3 Å². The van der Waals surface area contributed by atoms with Crippen LogP contribution in [0.25, 0.3) is 11.2 Å². The summed E-state index contributed by atoms with van der Waals surface area (Å²) in [5, 5.41) is 22.4. The van der Waals surface area contributed by atoms with Gasteiger partial charge in [0.25, 0.3) is 0 Å². The number of hydrogen-bond donors (Lipinski definition) is 3. The summed E-state index contributed by atoms with van der Waals surface area (Å²) in [4.78, 5) is 12.9. The number of furan rings is 1. The number of aliphatic hydroxyl groups is 2. The third-order valence-electron chi connectivity index (χ3n) is 4.28. The lowest BCUT2D eigenvalue weighted by atomic mass is 10.2. The first-order valence-corrected chi connectivity index (χ1v) is 8.07. The minimum atomic E-state index is -0.714. The summed E-state index contributed by atoms with van der Waals surface area (Å²) in [6, 6.07) is 3.81. The summed E-state index contributed by atoms with van der Waals surface area (Å²) in [5.41, 5.74) is 1.21. The number of aryl methyl sites for hydroxylation is 1. The van der Waals surface area contributed by atoms with Gasteiger partial charge in [0, 0.05) is 6.42 Å². The molecule has 1 aliphatic heterocycles. The van der Waals surface area contributed by atoms with E-state index in [1.165, 1.54) is 6.33 Å². The maximum Gasteiger partial charge on any atom is 0.167 e. The maximum absolute atomic E-state index is 9.92. The zero-order chi connectivity index (χ0) is 17.4. The van der Waals surface area contributed by atoms with Gasteiger partial charge in [0.05, 0.1) is 25.6 Å². The average Bonchev–Trinajstić information content (AvgIpc) is 3.31. The van der Waals surface area contributed by atoms with Crippen molar-refractivity contribution in [3.63, 3.8) is 0 Å². The predicted octanol–water partition coefficient (Wildman–Crippen LogP) is 0.981. The van der Waals surface area contributed by atoms with Crippen LogP contribution in [0, 0.1) is 6.92 Å². The molecule has 132 valence electrons. The van der Waals surface area contributed by atoms with Crippen molar-refractivity contribution in [2.24, 2.45) is 0 Å². The van der Waals surface area contributed by atoms with Gasteiger partial charge in [-0.1, -0.05) is 0 Å². The summed E-state index contributed by atoms with van der Waals surface area (Å²) in [7, 11) is 0. The SMILES string of the molecule is Cc1ccc(CNc2ncnc3c2ncn3C2C[C@H](O)[C@@H](CO)O2)o1. The molecule has 0 aromatic carbocycles. The number of aliphatic hydroxyl groups excluding tert-OH is 2. The van der Waals surface area contributed by atoms with E-state index in [1.807, 2.05) is 19.1 Å². The second-order valence-electron chi connectivity index (χ2n) is 6.03. The first-order chi connectivity index (χ1) is 12.2. The van der Waals surface area contributed by atoms with Gasteiger partial charge in [-0.15, -0.1) is 0 Å². The third kappa shape index (κ3) is 2.97. The Hall–Kier alpha value is -2.49. The Balaban J connectivity index is 1.58. The molecule has 9 heteroatoms. The van der Waals surface area contributed by atoms with Crippen LogP contribution >= 0.6 is 0 Å². The molecule has 4 rings (SSSR count). The molecule has 0 radical (unpaired) electrons. The van der Waals surface area contributed by atoms with Crippen LogP contribution in [0.2, 0.25) is 0 Å². The van der Waals surface area contributed by atoms with E-state index in [9.17, 15) is 10.2 Å². The van der Waals surface area contributed by atoms with Gasteiger partial charge in [-0.05, 0) is 19.1 Å². The second-order valence-corrected chi connectivity index (χ2v) is 6.03.